The minimum Gasteiger partial charge on any atom is -0.458 e. The fraction of sp³-hybridized carbons (Fsp3) is 0.169. The van der Waals surface area contributed by atoms with Crippen LogP contribution in [0.2, 0.25) is 18.1 Å². The zero-order valence-corrected chi connectivity index (χ0v) is 41.5. The molecule has 0 N–H and O–H groups in total. The number of hydrogen-bond acceptors (Lipinski definition) is 2. The first-order chi connectivity index (χ1) is 34.8. The van der Waals surface area contributed by atoms with Crippen LogP contribution in [0.4, 0.5) is 0 Å². The molecule has 0 aliphatic carbocycles. The van der Waals surface area contributed by atoms with Crippen LogP contribution in [0.3, 0.4) is 0 Å². The van der Waals surface area contributed by atoms with Gasteiger partial charge < -0.3 is 4.74 Å². The molecule has 0 radical (unpaired) electrons. The standard InChI is InChI=1S/C65H54N4OSi/c1-65(2,3)45-32-33-66-62(38-45)69-58-28-10-9-24-52(58)53-31-30-48(40-60(53)69)70-47-21-13-20-46(39-47)67-42-68-63-49(43-17-5-4-6-18-43)25-14-26-55(63)57-41-61-44(19-16-36-71(61)34-11-12-35-71)37-56(57)51-23-8-7-22-50(51)54-27-15-29-59(67)64(54)68/h4-10,13-15,17-18,20-33,37-41H,11-12,16,19,34-36H2,1-3H3. The molecular weight excluding hydrogens is 881 g/mol. The number of aryl methyl sites for hydroxylation is 1. The predicted octanol–water partition coefficient (Wildman–Crippen LogP) is 15.7. The number of pyridine rings is 1. The SMILES string of the molecule is CC(C)(C)c1ccnc(-n2c3ccccc3c3ccc(Oc4cccc(-n5[c-][n+]6c7c(cccc75)-c5ccccc5-c5cc7c(cc5-c5cccc(-c8ccccc8)c5-6)[Si]5(CCCC5)CCC7)c4)cc32)c1. The second-order valence-electron chi connectivity index (χ2n) is 21.2. The molecule has 5 nitrogen and oxygen atoms in total. The van der Waals surface area contributed by atoms with Gasteiger partial charge in [-0.2, -0.15) is 0 Å². The van der Waals surface area contributed by atoms with Crippen molar-refractivity contribution in [2.75, 3.05) is 0 Å². The molecule has 8 aromatic carbocycles. The number of imidazole rings is 1. The summed E-state index contributed by atoms with van der Waals surface area (Å²) in [6.45, 7) is 6.74. The van der Waals surface area contributed by atoms with E-state index in [-0.39, 0.29) is 5.41 Å². The lowest BCUT2D eigenvalue weighted by atomic mass is 9.86. The second-order valence-corrected chi connectivity index (χ2v) is 25.8. The summed E-state index contributed by atoms with van der Waals surface area (Å²) in [5.41, 5.74) is 19.3. The van der Waals surface area contributed by atoms with Crippen LogP contribution in [-0.2, 0) is 11.8 Å². The average molecular weight is 935 g/mol. The number of benzene rings is 8. The van der Waals surface area contributed by atoms with Gasteiger partial charge in [0.1, 0.15) is 17.3 Å². The minimum atomic E-state index is -1.60. The molecular formula is C65H54N4OSi. The Balaban J connectivity index is 0.958. The van der Waals surface area contributed by atoms with E-state index in [9.17, 15) is 0 Å². The predicted molar refractivity (Wildman–Crippen MR) is 294 cm³/mol. The first-order valence-corrected chi connectivity index (χ1v) is 28.2. The van der Waals surface area contributed by atoms with Gasteiger partial charge in [0.2, 0.25) is 0 Å². The summed E-state index contributed by atoms with van der Waals surface area (Å²) in [7, 11) is -1.60. The number of aromatic nitrogens is 4. The van der Waals surface area contributed by atoms with E-state index in [1.54, 1.807) is 10.8 Å². The molecule has 6 heteroatoms. The Hall–Kier alpha value is -7.80. The minimum absolute atomic E-state index is 0.0165. The van der Waals surface area contributed by atoms with Crippen molar-refractivity contribution in [3.63, 3.8) is 0 Å². The second kappa shape index (κ2) is 16.1. The maximum Gasteiger partial charge on any atom is 0.269 e. The van der Waals surface area contributed by atoms with Gasteiger partial charge in [-0.05, 0) is 116 Å². The van der Waals surface area contributed by atoms with Crippen molar-refractivity contribution >= 4 is 46.1 Å². The molecule has 0 bridgehead atoms. The van der Waals surface area contributed by atoms with Crippen molar-refractivity contribution in [1.29, 1.82) is 0 Å². The van der Waals surface area contributed by atoms with Crippen molar-refractivity contribution in [2.24, 2.45) is 0 Å². The van der Waals surface area contributed by atoms with Crippen LogP contribution in [0, 0.1) is 6.33 Å². The van der Waals surface area contributed by atoms with Crippen LogP contribution >= 0.6 is 0 Å². The van der Waals surface area contributed by atoms with E-state index in [1.807, 2.05) is 6.20 Å². The quantitative estimate of drug-likeness (QED) is 0.0979. The molecule has 0 unspecified atom stereocenters. The molecule has 3 aliphatic rings. The van der Waals surface area contributed by atoms with Gasteiger partial charge in [0.25, 0.3) is 6.33 Å². The van der Waals surface area contributed by atoms with E-state index in [0.29, 0.717) is 0 Å². The highest BCUT2D eigenvalue weighted by atomic mass is 28.3. The Morgan fingerprint density at radius 3 is 2.08 bits per heavy atom. The normalized spacial score (nSPS) is 14.7. The molecule has 3 aliphatic heterocycles. The topological polar surface area (TPSA) is 35.9 Å². The van der Waals surface area contributed by atoms with Gasteiger partial charge in [-0.1, -0.05) is 191 Å². The van der Waals surface area contributed by atoms with Gasteiger partial charge in [-0.15, -0.1) is 0 Å². The lowest BCUT2D eigenvalue weighted by molar-refractivity contribution is -0.570. The van der Waals surface area contributed by atoms with Gasteiger partial charge in [0.15, 0.2) is 0 Å². The highest BCUT2D eigenvalue weighted by molar-refractivity contribution is 6.93. The molecule has 0 atom stereocenters. The van der Waals surface area contributed by atoms with E-state index in [2.05, 4.69) is 223 Å². The fourth-order valence-corrected chi connectivity index (χ4v) is 18.3. The maximum atomic E-state index is 6.89. The Morgan fingerprint density at radius 2 is 1.23 bits per heavy atom. The lowest BCUT2D eigenvalue weighted by Crippen LogP contribution is -2.49. The Kier molecular flexibility index (Phi) is 9.56. The molecule has 1 spiro atoms. The number of ether oxygens (including phenoxy) is 1. The van der Waals surface area contributed by atoms with Crippen molar-refractivity contribution in [2.45, 2.75) is 70.0 Å². The molecule has 14 rings (SSSR count). The first kappa shape index (κ1) is 42.1. The zero-order valence-electron chi connectivity index (χ0n) is 40.5. The smallest absolute Gasteiger partial charge is 0.269 e. The molecule has 71 heavy (non-hydrogen) atoms. The Bertz CT molecular complexity index is 3940. The fourth-order valence-electron chi connectivity index (χ4n) is 12.7. The molecule has 11 aromatic rings. The van der Waals surface area contributed by atoms with E-state index in [0.717, 1.165) is 56.1 Å². The van der Waals surface area contributed by atoms with Gasteiger partial charge in [0.05, 0.1) is 41.5 Å². The average Bonchev–Trinajstić information content (AvgIpc) is 4.14. The van der Waals surface area contributed by atoms with Crippen LogP contribution < -0.4 is 14.5 Å². The number of nitrogens with zero attached hydrogens (tertiary/aromatic N) is 4. The summed E-state index contributed by atoms with van der Waals surface area (Å²) in [5.74, 6) is 2.40. The summed E-state index contributed by atoms with van der Waals surface area (Å²) >= 11 is 0. The Morgan fingerprint density at radius 1 is 0.549 bits per heavy atom. The lowest BCUT2D eigenvalue weighted by Gasteiger charge is -2.35. The summed E-state index contributed by atoms with van der Waals surface area (Å²) in [6, 6.07) is 71.3. The summed E-state index contributed by atoms with van der Waals surface area (Å²) in [6.07, 6.45) is 11.2. The molecule has 1 saturated heterocycles. The maximum absolute atomic E-state index is 6.89. The monoisotopic (exact) mass is 934 g/mol. The first-order valence-electron chi connectivity index (χ1n) is 25.5. The number of fused-ring (bicyclic) bond motifs is 12. The van der Waals surface area contributed by atoms with Crippen molar-refractivity contribution < 1.29 is 9.30 Å². The third-order valence-electron chi connectivity index (χ3n) is 16.1. The molecule has 0 saturated carbocycles. The van der Waals surface area contributed by atoms with E-state index >= 15 is 0 Å². The summed E-state index contributed by atoms with van der Waals surface area (Å²) < 4.78 is 13.8. The molecule has 3 aromatic heterocycles. The van der Waals surface area contributed by atoms with Gasteiger partial charge >= 0.3 is 0 Å². The summed E-state index contributed by atoms with van der Waals surface area (Å²) in [4.78, 5) is 4.92. The van der Waals surface area contributed by atoms with Crippen LogP contribution in [0.5, 0.6) is 11.5 Å². The molecule has 1 fully saturated rings. The van der Waals surface area contributed by atoms with Gasteiger partial charge in [0, 0.05) is 23.0 Å². The van der Waals surface area contributed by atoms with E-state index in [1.165, 1.54) is 99.3 Å². The van der Waals surface area contributed by atoms with Crippen LogP contribution in [-0.4, -0.2) is 22.2 Å². The van der Waals surface area contributed by atoms with Crippen molar-refractivity contribution in [3.8, 4) is 73.2 Å². The van der Waals surface area contributed by atoms with Gasteiger partial charge in [-0.3, -0.25) is 13.7 Å². The van der Waals surface area contributed by atoms with Crippen molar-refractivity contribution in [3.05, 3.63) is 206 Å². The largest absolute Gasteiger partial charge is 0.458 e. The Labute approximate surface area is 416 Å². The van der Waals surface area contributed by atoms with E-state index < -0.39 is 8.07 Å². The third-order valence-corrected chi connectivity index (χ3v) is 21.6. The highest BCUT2D eigenvalue weighted by Crippen LogP contribution is 2.48. The summed E-state index contributed by atoms with van der Waals surface area (Å²) in [5, 5.41) is 4.07. The molecule has 6 heterocycles. The van der Waals surface area contributed by atoms with Crippen LogP contribution in [0.25, 0.3) is 94.5 Å². The number of para-hydroxylation sites is 3. The van der Waals surface area contributed by atoms with Crippen LogP contribution in [0.15, 0.2) is 188 Å². The number of hydrogen-bond donors (Lipinski definition) is 0. The molecule has 0 amide bonds. The van der Waals surface area contributed by atoms with Gasteiger partial charge in [-0.25, -0.2) is 4.98 Å². The van der Waals surface area contributed by atoms with Crippen molar-refractivity contribution in [1.82, 2.24) is 14.1 Å². The highest BCUT2D eigenvalue weighted by Gasteiger charge is 2.42. The third kappa shape index (κ3) is 6.72. The number of rotatable bonds is 5. The van der Waals surface area contributed by atoms with E-state index in [4.69, 9.17) is 9.72 Å². The molecule has 344 valence electrons. The zero-order chi connectivity index (χ0) is 47.4. The van der Waals surface area contributed by atoms with Crippen LogP contribution in [0.1, 0.15) is 51.2 Å².